The van der Waals surface area contributed by atoms with Gasteiger partial charge in [-0.1, -0.05) is 6.07 Å². The lowest BCUT2D eigenvalue weighted by Gasteiger charge is -2.25. The molecule has 17 heavy (non-hydrogen) atoms. The van der Waals surface area contributed by atoms with E-state index in [0.717, 1.165) is 0 Å². The van der Waals surface area contributed by atoms with Crippen molar-refractivity contribution in [1.82, 2.24) is 15.1 Å². The van der Waals surface area contributed by atoms with E-state index < -0.39 is 0 Å². The molecular weight excluding hydrogens is 234 g/mol. The number of amides is 1. The van der Waals surface area contributed by atoms with E-state index in [9.17, 15) is 4.79 Å². The van der Waals surface area contributed by atoms with Gasteiger partial charge < -0.3 is 4.90 Å². The van der Waals surface area contributed by atoms with Gasteiger partial charge in [0.25, 0.3) is 5.91 Å². The van der Waals surface area contributed by atoms with E-state index in [4.69, 9.17) is 0 Å². The van der Waals surface area contributed by atoms with Crippen LogP contribution in [0.25, 0.3) is 0 Å². The predicted molar refractivity (Wildman–Crippen MR) is 67.9 cm³/mol. The fourth-order valence-electron chi connectivity index (χ4n) is 1.59. The van der Waals surface area contributed by atoms with Crippen molar-refractivity contribution in [3.05, 3.63) is 40.3 Å². The molecule has 2 aromatic heterocycles. The number of aromatic amines is 1. The van der Waals surface area contributed by atoms with Crippen molar-refractivity contribution in [3.63, 3.8) is 0 Å². The Bertz CT molecular complexity index is 462. The molecule has 90 valence electrons. The van der Waals surface area contributed by atoms with E-state index in [1.807, 2.05) is 36.3 Å². The topological polar surface area (TPSA) is 49.0 Å². The van der Waals surface area contributed by atoms with Crippen LogP contribution in [0.1, 0.15) is 29.1 Å². The molecule has 0 aliphatic heterocycles. The molecule has 0 saturated heterocycles. The summed E-state index contributed by atoms with van der Waals surface area (Å²) in [7, 11) is 0. The van der Waals surface area contributed by atoms with Crippen molar-refractivity contribution in [2.75, 3.05) is 0 Å². The van der Waals surface area contributed by atoms with E-state index in [0.29, 0.717) is 12.1 Å². The lowest BCUT2D eigenvalue weighted by atomic mass is 10.2. The third kappa shape index (κ3) is 2.74. The van der Waals surface area contributed by atoms with Crippen molar-refractivity contribution in [2.24, 2.45) is 0 Å². The SMILES string of the molecule is CC(C)N(Cc1cccs1)C(=O)c1cn[nH]c1. The van der Waals surface area contributed by atoms with Gasteiger partial charge in [-0.25, -0.2) is 0 Å². The first-order chi connectivity index (χ1) is 8.18. The second-order valence-corrected chi connectivity index (χ2v) is 5.13. The largest absolute Gasteiger partial charge is 0.331 e. The zero-order valence-corrected chi connectivity index (χ0v) is 10.7. The summed E-state index contributed by atoms with van der Waals surface area (Å²) in [5, 5.41) is 8.50. The van der Waals surface area contributed by atoms with Crippen LogP contribution in [-0.2, 0) is 6.54 Å². The standard InChI is InChI=1S/C12H15N3OS/c1-9(2)15(8-11-4-3-5-17-11)12(16)10-6-13-14-7-10/h3-7,9H,8H2,1-2H3,(H,13,14). The number of nitrogens with one attached hydrogen (secondary N) is 1. The number of hydrogen-bond acceptors (Lipinski definition) is 3. The van der Waals surface area contributed by atoms with Crippen LogP contribution in [0.4, 0.5) is 0 Å². The molecule has 1 N–H and O–H groups in total. The molecule has 0 spiro atoms. The van der Waals surface area contributed by atoms with Crippen LogP contribution in [0.3, 0.4) is 0 Å². The summed E-state index contributed by atoms with van der Waals surface area (Å²) in [6.45, 7) is 4.69. The molecule has 2 heterocycles. The summed E-state index contributed by atoms with van der Waals surface area (Å²) in [4.78, 5) is 15.3. The molecule has 0 aromatic carbocycles. The number of nitrogens with zero attached hydrogens (tertiary/aromatic N) is 2. The number of aromatic nitrogens is 2. The summed E-state index contributed by atoms with van der Waals surface area (Å²) in [6.07, 6.45) is 3.19. The Morgan fingerprint density at radius 3 is 2.94 bits per heavy atom. The second-order valence-electron chi connectivity index (χ2n) is 4.09. The van der Waals surface area contributed by atoms with Crippen molar-refractivity contribution in [2.45, 2.75) is 26.4 Å². The molecule has 0 bridgehead atoms. The van der Waals surface area contributed by atoms with Crippen LogP contribution in [0.5, 0.6) is 0 Å². The molecule has 0 unspecified atom stereocenters. The van der Waals surface area contributed by atoms with Crippen LogP contribution in [-0.4, -0.2) is 27.0 Å². The molecule has 2 rings (SSSR count). The minimum Gasteiger partial charge on any atom is -0.331 e. The van der Waals surface area contributed by atoms with Crippen LogP contribution in [0.15, 0.2) is 29.9 Å². The Hall–Kier alpha value is -1.62. The maximum atomic E-state index is 12.2. The first kappa shape index (κ1) is 11.9. The molecule has 0 aliphatic rings. The van der Waals surface area contributed by atoms with E-state index in [2.05, 4.69) is 10.2 Å². The molecule has 0 aliphatic carbocycles. The maximum Gasteiger partial charge on any atom is 0.257 e. The zero-order chi connectivity index (χ0) is 12.3. The van der Waals surface area contributed by atoms with Gasteiger partial charge >= 0.3 is 0 Å². The highest BCUT2D eigenvalue weighted by Gasteiger charge is 2.19. The number of thiophene rings is 1. The summed E-state index contributed by atoms with van der Waals surface area (Å²) < 4.78 is 0. The number of carbonyl (C=O) groups excluding carboxylic acids is 1. The normalized spacial score (nSPS) is 10.8. The van der Waals surface area contributed by atoms with Crippen LogP contribution >= 0.6 is 11.3 Å². The van der Waals surface area contributed by atoms with Crippen molar-refractivity contribution < 1.29 is 4.79 Å². The maximum absolute atomic E-state index is 12.2. The smallest absolute Gasteiger partial charge is 0.257 e. The molecular formula is C12H15N3OS. The van der Waals surface area contributed by atoms with Crippen LogP contribution in [0.2, 0.25) is 0 Å². The number of carbonyl (C=O) groups is 1. The van der Waals surface area contributed by atoms with Gasteiger partial charge in [0.15, 0.2) is 0 Å². The van der Waals surface area contributed by atoms with Gasteiger partial charge in [-0.15, -0.1) is 11.3 Å². The first-order valence-electron chi connectivity index (χ1n) is 5.50. The number of rotatable bonds is 4. The van der Waals surface area contributed by atoms with Gasteiger partial charge in [0.2, 0.25) is 0 Å². The Kier molecular flexibility index (Phi) is 3.58. The summed E-state index contributed by atoms with van der Waals surface area (Å²) in [6, 6.07) is 4.21. The van der Waals surface area contributed by atoms with Gasteiger partial charge in [0.05, 0.1) is 18.3 Å². The molecule has 0 fully saturated rings. The van der Waals surface area contributed by atoms with E-state index in [1.165, 1.54) is 4.88 Å². The Labute approximate surface area is 104 Å². The average Bonchev–Trinajstić information content (AvgIpc) is 2.97. The van der Waals surface area contributed by atoms with Gasteiger partial charge in [0, 0.05) is 17.1 Å². The Balaban J connectivity index is 2.15. The van der Waals surface area contributed by atoms with Crippen molar-refractivity contribution in [3.8, 4) is 0 Å². The lowest BCUT2D eigenvalue weighted by molar-refractivity contribution is 0.0692. The van der Waals surface area contributed by atoms with E-state index >= 15 is 0 Å². The van der Waals surface area contributed by atoms with Crippen molar-refractivity contribution >= 4 is 17.2 Å². The summed E-state index contributed by atoms with van der Waals surface area (Å²) in [5.41, 5.74) is 0.607. The third-order valence-corrected chi connectivity index (χ3v) is 3.40. The van der Waals surface area contributed by atoms with Gasteiger partial charge in [-0.05, 0) is 25.3 Å². The molecule has 0 radical (unpaired) electrons. The fourth-order valence-corrected chi connectivity index (χ4v) is 2.30. The molecule has 1 amide bonds. The average molecular weight is 249 g/mol. The van der Waals surface area contributed by atoms with E-state index in [-0.39, 0.29) is 11.9 Å². The minimum atomic E-state index is 0.0159. The van der Waals surface area contributed by atoms with Crippen LogP contribution < -0.4 is 0 Å². The predicted octanol–water partition coefficient (Wildman–Crippen LogP) is 2.52. The third-order valence-electron chi connectivity index (χ3n) is 2.54. The highest BCUT2D eigenvalue weighted by atomic mass is 32.1. The van der Waals surface area contributed by atoms with E-state index in [1.54, 1.807) is 23.7 Å². The van der Waals surface area contributed by atoms with Crippen LogP contribution in [0, 0.1) is 0 Å². The monoisotopic (exact) mass is 249 g/mol. The zero-order valence-electron chi connectivity index (χ0n) is 9.88. The molecule has 5 heteroatoms. The van der Waals surface area contributed by atoms with Gasteiger partial charge in [-0.3, -0.25) is 9.89 Å². The van der Waals surface area contributed by atoms with Crippen molar-refractivity contribution in [1.29, 1.82) is 0 Å². The highest BCUT2D eigenvalue weighted by Crippen LogP contribution is 2.16. The first-order valence-corrected chi connectivity index (χ1v) is 6.38. The highest BCUT2D eigenvalue weighted by molar-refractivity contribution is 7.09. The lowest BCUT2D eigenvalue weighted by Crippen LogP contribution is -2.35. The number of H-pyrrole nitrogens is 1. The molecule has 0 atom stereocenters. The summed E-state index contributed by atoms with van der Waals surface area (Å²) in [5.74, 6) is 0.0159. The van der Waals surface area contributed by atoms with Gasteiger partial charge in [-0.2, -0.15) is 5.10 Å². The Morgan fingerprint density at radius 1 is 1.59 bits per heavy atom. The summed E-state index contributed by atoms with van der Waals surface area (Å²) >= 11 is 1.67. The number of hydrogen-bond donors (Lipinski definition) is 1. The molecule has 2 aromatic rings. The quantitative estimate of drug-likeness (QED) is 0.905. The molecule has 4 nitrogen and oxygen atoms in total. The Morgan fingerprint density at radius 2 is 2.41 bits per heavy atom. The minimum absolute atomic E-state index is 0.0159. The fraction of sp³-hybridized carbons (Fsp3) is 0.333. The second kappa shape index (κ2) is 5.14. The van der Waals surface area contributed by atoms with Gasteiger partial charge in [0.1, 0.15) is 0 Å². The molecule has 0 saturated carbocycles.